The molecule has 0 fully saturated rings. The largest absolute Gasteiger partial charge is 0.508 e. The number of nitrogens with one attached hydrogen (secondary N) is 1. The van der Waals surface area contributed by atoms with Crippen molar-refractivity contribution in [3.63, 3.8) is 0 Å². The second-order valence-corrected chi connectivity index (χ2v) is 5.21. The Morgan fingerprint density at radius 2 is 1.78 bits per heavy atom. The molecule has 0 unspecified atom stereocenters. The minimum atomic E-state index is -0.907. The van der Waals surface area contributed by atoms with E-state index >= 15 is 0 Å². The van der Waals surface area contributed by atoms with Crippen LogP contribution < -0.4 is 0 Å². The highest BCUT2D eigenvalue weighted by molar-refractivity contribution is 6.10. The zero-order valence-electron chi connectivity index (χ0n) is 12.4. The van der Waals surface area contributed by atoms with E-state index in [1.54, 1.807) is 13.1 Å². The minimum Gasteiger partial charge on any atom is -0.508 e. The molecule has 1 aromatic heterocycles. The van der Waals surface area contributed by atoms with Crippen molar-refractivity contribution in [1.82, 2.24) is 4.98 Å². The van der Waals surface area contributed by atoms with Gasteiger partial charge in [-0.3, -0.25) is 4.79 Å². The van der Waals surface area contributed by atoms with Gasteiger partial charge < -0.3 is 14.8 Å². The number of Topliss-reactive ketones (excluding diaryl/α,β-unsaturated/α-hetero) is 1. The van der Waals surface area contributed by atoms with Gasteiger partial charge in [0.2, 0.25) is 5.78 Å². The van der Waals surface area contributed by atoms with Crippen LogP contribution in [0, 0.1) is 0 Å². The first kappa shape index (κ1) is 14.8. The summed E-state index contributed by atoms with van der Waals surface area (Å²) in [5.41, 5.74) is 1.63. The van der Waals surface area contributed by atoms with Gasteiger partial charge in [0.15, 0.2) is 6.10 Å². The number of carbonyl (C=O) groups excluding carboxylic acids is 2. The zero-order valence-corrected chi connectivity index (χ0v) is 12.4. The van der Waals surface area contributed by atoms with Crippen molar-refractivity contribution in [2.45, 2.75) is 13.0 Å². The van der Waals surface area contributed by atoms with Gasteiger partial charge in [0.1, 0.15) is 5.75 Å². The van der Waals surface area contributed by atoms with E-state index in [1.807, 2.05) is 24.3 Å². The SMILES string of the molecule is C[C@H](OC(=O)c1ccc(O)cc1)C(=O)c1c[nH]c2ccccc12. The van der Waals surface area contributed by atoms with Crippen LogP contribution in [0.15, 0.2) is 54.7 Å². The number of hydrogen-bond donors (Lipinski definition) is 2. The molecule has 0 aliphatic heterocycles. The van der Waals surface area contributed by atoms with Crippen LogP contribution in [-0.4, -0.2) is 27.9 Å². The smallest absolute Gasteiger partial charge is 0.338 e. The van der Waals surface area contributed by atoms with Crippen LogP contribution in [0.5, 0.6) is 5.75 Å². The number of esters is 1. The molecule has 2 N–H and O–H groups in total. The summed E-state index contributed by atoms with van der Waals surface area (Å²) in [6, 6.07) is 13.1. The predicted octanol–water partition coefficient (Wildman–Crippen LogP) is 3.30. The molecule has 3 aromatic rings. The van der Waals surface area contributed by atoms with E-state index in [4.69, 9.17) is 4.74 Å². The van der Waals surface area contributed by atoms with Gasteiger partial charge in [0, 0.05) is 22.7 Å². The van der Waals surface area contributed by atoms with Gasteiger partial charge in [-0.15, -0.1) is 0 Å². The van der Waals surface area contributed by atoms with Gasteiger partial charge in [-0.05, 0) is 37.3 Å². The maximum absolute atomic E-state index is 12.5. The molecule has 0 spiro atoms. The number of fused-ring (bicyclic) bond motifs is 1. The first-order valence-electron chi connectivity index (χ1n) is 7.16. The first-order valence-corrected chi connectivity index (χ1v) is 7.16. The number of ketones is 1. The molecule has 1 atom stereocenters. The van der Waals surface area contributed by atoms with Gasteiger partial charge in [0.25, 0.3) is 0 Å². The van der Waals surface area contributed by atoms with Crippen molar-refractivity contribution in [2.75, 3.05) is 0 Å². The van der Waals surface area contributed by atoms with E-state index < -0.39 is 12.1 Å². The lowest BCUT2D eigenvalue weighted by molar-refractivity contribution is 0.0319. The molecule has 2 aromatic carbocycles. The second-order valence-electron chi connectivity index (χ2n) is 5.21. The monoisotopic (exact) mass is 309 g/mol. The zero-order chi connectivity index (χ0) is 16.4. The van der Waals surface area contributed by atoms with E-state index in [1.165, 1.54) is 24.3 Å². The summed E-state index contributed by atoms with van der Waals surface area (Å²) in [7, 11) is 0. The number of hydrogen-bond acceptors (Lipinski definition) is 4. The summed E-state index contributed by atoms with van der Waals surface area (Å²) in [4.78, 5) is 27.6. The number of para-hydroxylation sites is 1. The van der Waals surface area contributed by atoms with Crippen LogP contribution in [0.2, 0.25) is 0 Å². The van der Waals surface area contributed by atoms with Gasteiger partial charge in [-0.1, -0.05) is 18.2 Å². The summed E-state index contributed by atoms with van der Waals surface area (Å²) in [5.74, 6) is -0.815. The second kappa shape index (κ2) is 5.96. The van der Waals surface area contributed by atoms with E-state index in [-0.39, 0.29) is 17.1 Å². The molecule has 0 aliphatic rings. The normalized spacial score (nSPS) is 12.0. The number of aromatic amines is 1. The number of rotatable bonds is 4. The average molecular weight is 309 g/mol. The third-order valence-electron chi connectivity index (χ3n) is 3.61. The van der Waals surface area contributed by atoms with Crippen molar-refractivity contribution < 1.29 is 19.4 Å². The highest BCUT2D eigenvalue weighted by atomic mass is 16.5. The Morgan fingerprint density at radius 3 is 2.52 bits per heavy atom. The topological polar surface area (TPSA) is 79.4 Å². The summed E-state index contributed by atoms with van der Waals surface area (Å²) >= 11 is 0. The third kappa shape index (κ3) is 2.94. The molecule has 5 nitrogen and oxygen atoms in total. The Labute approximate surface area is 132 Å². The van der Waals surface area contributed by atoms with Crippen LogP contribution >= 0.6 is 0 Å². The van der Waals surface area contributed by atoms with Crippen molar-refractivity contribution in [3.05, 3.63) is 65.9 Å². The van der Waals surface area contributed by atoms with Gasteiger partial charge in [-0.25, -0.2) is 4.79 Å². The van der Waals surface area contributed by atoms with Crippen molar-refractivity contribution in [1.29, 1.82) is 0 Å². The minimum absolute atomic E-state index is 0.0597. The number of H-pyrrole nitrogens is 1. The Hall–Kier alpha value is -3.08. The lowest BCUT2D eigenvalue weighted by Crippen LogP contribution is -2.24. The number of carbonyl (C=O) groups is 2. The van der Waals surface area contributed by atoms with Gasteiger partial charge in [-0.2, -0.15) is 0 Å². The van der Waals surface area contributed by atoms with E-state index in [0.717, 1.165) is 10.9 Å². The lowest BCUT2D eigenvalue weighted by atomic mass is 10.1. The molecule has 1 heterocycles. The fourth-order valence-electron chi connectivity index (χ4n) is 2.37. The van der Waals surface area contributed by atoms with Crippen LogP contribution in [0.3, 0.4) is 0 Å². The van der Waals surface area contributed by atoms with E-state index in [9.17, 15) is 14.7 Å². The summed E-state index contributed by atoms with van der Waals surface area (Å²) in [6.07, 6.45) is 0.716. The standard InChI is InChI=1S/C18H15NO4/c1-11(23-18(22)12-6-8-13(20)9-7-12)17(21)15-10-19-16-5-3-2-4-14(15)16/h2-11,19-20H,1H3/t11-/m0/s1. The average Bonchev–Trinajstić information content (AvgIpc) is 2.98. The maximum Gasteiger partial charge on any atom is 0.338 e. The quantitative estimate of drug-likeness (QED) is 0.572. The molecule has 3 rings (SSSR count). The maximum atomic E-state index is 12.5. The summed E-state index contributed by atoms with van der Waals surface area (Å²) < 4.78 is 5.23. The molecule has 5 heteroatoms. The lowest BCUT2D eigenvalue weighted by Gasteiger charge is -2.12. The summed E-state index contributed by atoms with van der Waals surface area (Å²) in [5, 5.41) is 10.0. The van der Waals surface area contributed by atoms with Gasteiger partial charge >= 0.3 is 5.97 Å². The van der Waals surface area contributed by atoms with Crippen LogP contribution in [0.4, 0.5) is 0 Å². The number of phenolic OH excluding ortho intramolecular Hbond substituents is 1. The Bertz CT molecular complexity index is 864. The van der Waals surface area contributed by atoms with Crippen LogP contribution in [0.25, 0.3) is 10.9 Å². The van der Waals surface area contributed by atoms with Crippen molar-refractivity contribution in [3.8, 4) is 5.75 Å². The fraction of sp³-hybridized carbons (Fsp3) is 0.111. The number of ether oxygens (including phenoxy) is 1. The van der Waals surface area contributed by atoms with Crippen LogP contribution in [0.1, 0.15) is 27.6 Å². The Balaban J connectivity index is 1.77. The first-order chi connectivity index (χ1) is 11.1. The molecule has 0 radical (unpaired) electrons. The summed E-state index contributed by atoms with van der Waals surface area (Å²) in [6.45, 7) is 1.54. The molecule has 23 heavy (non-hydrogen) atoms. The number of phenols is 1. The molecule has 0 saturated carbocycles. The number of benzene rings is 2. The van der Waals surface area contributed by atoms with Crippen molar-refractivity contribution in [2.24, 2.45) is 0 Å². The fourth-order valence-corrected chi connectivity index (χ4v) is 2.37. The molecule has 0 aliphatic carbocycles. The van der Waals surface area contributed by atoms with E-state index in [2.05, 4.69) is 4.98 Å². The van der Waals surface area contributed by atoms with Crippen molar-refractivity contribution >= 4 is 22.7 Å². The molecule has 0 bridgehead atoms. The number of aromatic hydroxyl groups is 1. The Kier molecular flexibility index (Phi) is 3.85. The molecule has 116 valence electrons. The van der Waals surface area contributed by atoms with E-state index in [0.29, 0.717) is 5.56 Å². The number of aromatic nitrogens is 1. The third-order valence-corrected chi connectivity index (χ3v) is 3.61. The van der Waals surface area contributed by atoms with Crippen LogP contribution in [-0.2, 0) is 4.74 Å². The highest BCUT2D eigenvalue weighted by Crippen LogP contribution is 2.20. The molecule has 0 amide bonds. The Morgan fingerprint density at radius 1 is 1.09 bits per heavy atom. The molecular formula is C18H15NO4. The molecule has 0 saturated heterocycles. The highest BCUT2D eigenvalue weighted by Gasteiger charge is 2.22. The predicted molar refractivity (Wildman–Crippen MR) is 85.6 cm³/mol. The molecular weight excluding hydrogens is 294 g/mol. The van der Waals surface area contributed by atoms with Gasteiger partial charge in [0.05, 0.1) is 5.56 Å².